The van der Waals surface area contributed by atoms with Gasteiger partial charge in [-0.3, -0.25) is 4.79 Å². The first-order valence-corrected chi connectivity index (χ1v) is 6.80. The Kier molecular flexibility index (Phi) is 4.41. The van der Waals surface area contributed by atoms with Gasteiger partial charge in [-0.15, -0.1) is 0 Å². The largest absolute Gasteiger partial charge is 0.454 e. The molecule has 9 heteroatoms. The van der Waals surface area contributed by atoms with Crippen LogP contribution in [0.25, 0.3) is 0 Å². The van der Waals surface area contributed by atoms with E-state index in [1.165, 1.54) is 18.2 Å². The first-order valence-electron chi connectivity index (χ1n) is 6.80. The van der Waals surface area contributed by atoms with E-state index in [4.69, 9.17) is 9.47 Å². The van der Waals surface area contributed by atoms with Gasteiger partial charge in [-0.05, 0) is 18.2 Å². The average Bonchev–Trinajstić information content (AvgIpc) is 2.99. The van der Waals surface area contributed by atoms with Crippen LogP contribution in [0.5, 0.6) is 17.2 Å². The summed E-state index contributed by atoms with van der Waals surface area (Å²) in [6.07, 6.45) is 0.904. The molecule has 1 aromatic carbocycles. The van der Waals surface area contributed by atoms with Crippen molar-refractivity contribution in [3.05, 3.63) is 47.5 Å². The normalized spacial score (nSPS) is 12.3. The van der Waals surface area contributed by atoms with Crippen molar-refractivity contribution in [1.29, 1.82) is 0 Å². The first kappa shape index (κ1) is 15.9. The minimum atomic E-state index is -3.03. The maximum atomic E-state index is 12.8. The third-order valence-corrected chi connectivity index (χ3v) is 3.17. The number of hydrogen-bond donors (Lipinski definition) is 1. The Morgan fingerprint density at radius 2 is 2.04 bits per heavy atom. The van der Waals surface area contributed by atoms with Crippen LogP contribution in [0.4, 0.5) is 13.2 Å². The van der Waals surface area contributed by atoms with Gasteiger partial charge in [0.05, 0.1) is 6.20 Å². The Labute approximate surface area is 134 Å². The molecule has 0 atom stereocenters. The molecule has 2 aromatic rings. The molecule has 0 bridgehead atoms. The number of nitrogens with one attached hydrogen (secondary N) is 1. The van der Waals surface area contributed by atoms with Gasteiger partial charge in [-0.1, -0.05) is 0 Å². The SMILES string of the molecule is O=C(NCc1cc2c(cc1OC(F)F)OCO2)c1ccc(F)cn1. The Hall–Kier alpha value is -2.97. The highest BCUT2D eigenvalue weighted by molar-refractivity contribution is 5.92. The summed E-state index contributed by atoms with van der Waals surface area (Å²) < 4.78 is 52.6. The Bertz CT molecular complexity index is 753. The second-order valence-electron chi connectivity index (χ2n) is 4.74. The van der Waals surface area contributed by atoms with Crippen LogP contribution in [0.1, 0.15) is 16.1 Å². The summed E-state index contributed by atoms with van der Waals surface area (Å²) in [7, 11) is 0. The number of nitrogens with zero attached hydrogens (tertiary/aromatic N) is 1. The minimum absolute atomic E-state index is 0.00605. The van der Waals surface area contributed by atoms with Gasteiger partial charge in [0, 0.05) is 18.2 Å². The summed E-state index contributed by atoms with van der Waals surface area (Å²) in [6.45, 7) is -3.17. The van der Waals surface area contributed by atoms with Crippen molar-refractivity contribution in [2.24, 2.45) is 0 Å². The Balaban J connectivity index is 1.76. The van der Waals surface area contributed by atoms with Gasteiger partial charge < -0.3 is 19.5 Å². The lowest BCUT2D eigenvalue weighted by Gasteiger charge is -2.12. The highest BCUT2D eigenvalue weighted by atomic mass is 19.3. The van der Waals surface area contributed by atoms with Gasteiger partial charge in [0.25, 0.3) is 5.91 Å². The van der Waals surface area contributed by atoms with E-state index >= 15 is 0 Å². The maximum absolute atomic E-state index is 12.8. The molecule has 1 aliphatic rings. The lowest BCUT2D eigenvalue weighted by atomic mass is 10.1. The molecule has 126 valence electrons. The fourth-order valence-electron chi connectivity index (χ4n) is 2.09. The number of amides is 1. The zero-order valence-corrected chi connectivity index (χ0v) is 12.1. The molecule has 1 aromatic heterocycles. The fourth-order valence-corrected chi connectivity index (χ4v) is 2.09. The van der Waals surface area contributed by atoms with Crippen molar-refractivity contribution in [3.63, 3.8) is 0 Å². The zero-order valence-electron chi connectivity index (χ0n) is 12.1. The molecule has 0 saturated heterocycles. The number of aromatic nitrogens is 1. The van der Waals surface area contributed by atoms with Gasteiger partial charge >= 0.3 is 6.61 Å². The maximum Gasteiger partial charge on any atom is 0.387 e. The van der Waals surface area contributed by atoms with Gasteiger partial charge in [0.15, 0.2) is 11.5 Å². The highest BCUT2D eigenvalue weighted by Crippen LogP contribution is 2.38. The van der Waals surface area contributed by atoms with Crippen molar-refractivity contribution in [2.45, 2.75) is 13.2 Å². The molecule has 2 heterocycles. The van der Waals surface area contributed by atoms with E-state index in [-0.39, 0.29) is 36.1 Å². The predicted octanol–water partition coefficient (Wildman–Crippen LogP) is 2.48. The monoisotopic (exact) mass is 340 g/mol. The summed E-state index contributed by atoms with van der Waals surface area (Å²) >= 11 is 0. The lowest BCUT2D eigenvalue weighted by Crippen LogP contribution is -2.24. The molecule has 0 saturated carbocycles. The summed E-state index contributed by atoms with van der Waals surface area (Å²) in [5, 5.41) is 2.49. The van der Waals surface area contributed by atoms with E-state index in [9.17, 15) is 18.0 Å². The second kappa shape index (κ2) is 6.65. The van der Waals surface area contributed by atoms with Crippen molar-refractivity contribution in [2.75, 3.05) is 6.79 Å². The molecule has 0 spiro atoms. The van der Waals surface area contributed by atoms with Crippen LogP contribution in [0.15, 0.2) is 30.5 Å². The van der Waals surface area contributed by atoms with Crippen molar-refractivity contribution < 1.29 is 32.2 Å². The number of rotatable bonds is 5. The molecular formula is C15H11F3N2O4. The molecule has 0 fully saturated rings. The molecule has 0 unspecified atom stereocenters. The molecule has 24 heavy (non-hydrogen) atoms. The number of alkyl halides is 2. The smallest absolute Gasteiger partial charge is 0.387 e. The van der Waals surface area contributed by atoms with Crippen LogP contribution in [0, 0.1) is 5.82 Å². The highest BCUT2D eigenvalue weighted by Gasteiger charge is 2.20. The van der Waals surface area contributed by atoms with Gasteiger partial charge in [0.1, 0.15) is 17.3 Å². The summed E-state index contributed by atoms with van der Waals surface area (Å²) in [5.74, 6) is -0.658. The fraction of sp³-hybridized carbons (Fsp3) is 0.200. The molecule has 0 radical (unpaired) electrons. The number of pyridine rings is 1. The third-order valence-electron chi connectivity index (χ3n) is 3.17. The quantitative estimate of drug-likeness (QED) is 0.906. The number of carbonyl (C=O) groups excluding carboxylic acids is 1. The average molecular weight is 340 g/mol. The van der Waals surface area contributed by atoms with E-state index < -0.39 is 18.3 Å². The van der Waals surface area contributed by atoms with Crippen LogP contribution in [-0.4, -0.2) is 24.3 Å². The molecule has 6 nitrogen and oxygen atoms in total. The van der Waals surface area contributed by atoms with Gasteiger partial charge in [-0.25, -0.2) is 9.37 Å². The third kappa shape index (κ3) is 3.50. The molecular weight excluding hydrogens is 329 g/mol. The first-order chi connectivity index (χ1) is 11.5. The molecule has 3 rings (SSSR count). The van der Waals surface area contributed by atoms with Crippen molar-refractivity contribution in [1.82, 2.24) is 10.3 Å². The van der Waals surface area contributed by atoms with Crippen LogP contribution in [-0.2, 0) is 6.54 Å². The summed E-state index contributed by atoms with van der Waals surface area (Å²) in [4.78, 5) is 15.6. The second-order valence-corrected chi connectivity index (χ2v) is 4.74. The number of halogens is 3. The van der Waals surface area contributed by atoms with Gasteiger partial charge in [0.2, 0.25) is 6.79 Å². The van der Waals surface area contributed by atoms with Crippen LogP contribution in [0.2, 0.25) is 0 Å². The zero-order chi connectivity index (χ0) is 17.1. The number of fused-ring (bicyclic) bond motifs is 1. The van der Waals surface area contributed by atoms with Crippen molar-refractivity contribution >= 4 is 5.91 Å². The summed E-state index contributed by atoms with van der Waals surface area (Å²) in [6, 6.07) is 5.01. The molecule has 0 aliphatic carbocycles. The number of benzene rings is 1. The molecule has 1 amide bonds. The minimum Gasteiger partial charge on any atom is -0.454 e. The van der Waals surface area contributed by atoms with Crippen LogP contribution in [0.3, 0.4) is 0 Å². The van der Waals surface area contributed by atoms with Crippen molar-refractivity contribution in [3.8, 4) is 17.2 Å². The number of ether oxygens (including phenoxy) is 3. The van der Waals surface area contributed by atoms with E-state index in [1.54, 1.807) is 0 Å². The van der Waals surface area contributed by atoms with Gasteiger partial charge in [-0.2, -0.15) is 8.78 Å². The number of carbonyl (C=O) groups is 1. The van der Waals surface area contributed by atoms with Crippen LogP contribution < -0.4 is 19.5 Å². The molecule has 1 N–H and O–H groups in total. The lowest BCUT2D eigenvalue weighted by molar-refractivity contribution is -0.0505. The Morgan fingerprint density at radius 3 is 2.71 bits per heavy atom. The predicted molar refractivity (Wildman–Crippen MR) is 74.6 cm³/mol. The molecule has 1 aliphatic heterocycles. The number of hydrogen-bond acceptors (Lipinski definition) is 5. The van der Waals surface area contributed by atoms with E-state index in [0.717, 1.165) is 12.3 Å². The topological polar surface area (TPSA) is 69.7 Å². The van der Waals surface area contributed by atoms with E-state index in [1.807, 2.05) is 0 Å². The summed E-state index contributed by atoms with van der Waals surface area (Å²) in [5.41, 5.74) is 0.267. The van der Waals surface area contributed by atoms with E-state index in [0.29, 0.717) is 5.75 Å². The van der Waals surface area contributed by atoms with E-state index in [2.05, 4.69) is 15.0 Å². The standard InChI is InChI=1S/C15H11F3N2O4/c16-9-1-2-10(19-6-9)14(21)20-5-8-3-12-13(23-7-22-12)4-11(8)24-15(17)18/h1-4,6,15H,5,7H2,(H,20,21). The van der Waals surface area contributed by atoms with Crippen LogP contribution >= 0.6 is 0 Å². The Morgan fingerprint density at radius 1 is 1.29 bits per heavy atom.